The number of Topliss-reactive ketones (excluding diaryl/α,β-unsaturated/α-hetero) is 2. The monoisotopic (exact) mass is 669 g/mol. The van der Waals surface area contributed by atoms with Crippen LogP contribution in [-0.4, -0.2) is 45.7 Å². The SMILES string of the molecule is CCCCCCCCC/C=C/C=C/C=C/C=C/C=C/C=C(\C(=O)CCCCCCCCCCCCCCCCC)C(=O)C(O)C(O)CO. The number of carbonyl (C=O) groups is 2. The Morgan fingerprint density at radius 1 is 0.500 bits per heavy atom. The highest BCUT2D eigenvalue weighted by Crippen LogP contribution is 2.16. The summed E-state index contributed by atoms with van der Waals surface area (Å²) in [7, 11) is 0. The van der Waals surface area contributed by atoms with Crippen molar-refractivity contribution >= 4 is 11.6 Å². The lowest BCUT2D eigenvalue weighted by atomic mass is 9.95. The first-order valence-corrected chi connectivity index (χ1v) is 19.6. The molecule has 0 aromatic rings. The van der Waals surface area contributed by atoms with Crippen LogP contribution >= 0.6 is 0 Å². The highest BCUT2D eigenvalue weighted by Gasteiger charge is 2.29. The quantitative estimate of drug-likeness (QED) is 0.0208. The molecule has 0 heterocycles. The second kappa shape index (κ2) is 36.0. The van der Waals surface area contributed by atoms with Crippen LogP contribution in [0.3, 0.4) is 0 Å². The van der Waals surface area contributed by atoms with Gasteiger partial charge in [-0.2, -0.15) is 0 Å². The molecule has 3 N–H and O–H groups in total. The molecule has 0 aliphatic heterocycles. The Hall–Kier alpha value is -2.34. The minimum atomic E-state index is -1.84. The van der Waals surface area contributed by atoms with Crippen LogP contribution in [-0.2, 0) is 9.59 Å². The van der Waals surface area contributed by atoms with Gasteiger partial charge in [-0.3, -0.25) is 9.59 Å². The van der Waals surface area contributed by atoms with Gasteiger partial charge in [0.05, 0.1) is 12.2 Å². The normalized spacial score (nSPS) is 14.1. The lowest BCUT2D eigenvalue weighted by Gasteiger charge is -2.15. The van der Waals surface area contributed by atoms with Crippen molar-refractivity contribution in [2.45, 2.75) is 180 Å². The second-order valence-electron chi connectivity index (χ2n) is 13.1. The summed E-state index contributed by atoms with van der Waals surface area (Å²) in [4.78, 5) is 25.7. The third-order valence-electron chi connectivity index (χ3n) is 8.66. The second-order valence-corrected chi connectivity index (χ2v) is 13.1. The van der Waals surface area contributed by atoms with Crippen LogP contribution in [0.1, 0.15) is 168 Å². The molecule has 0 spiro atoms. The molecule has 0 rings (SSSR count). The molecule has 0 aromatic carbocycles. The van der Waals surface area contributed by atoms with Crippen LogP contribution < -0.4 is 0 Å². The fraction of sp³-hybridized carbons (Fsp3) is 0.674. The van der Waals surface area contributed by atoms with E-state index in [9.17, 15) is 19.8 Å². The minimum Gasteiger partial charge on any atom is -0.394 e. The Morgan fingerprint density at radius 2 is 0.875 bits per heavy atom. The maximum absolute atomic E-state index is 12.9. The van der Waals surface area contributed by atoms with E-state index in [0.29, 0.717) is 6.42 Å². The predicted molar refractivity (Wildman–Crippen MR) is 205 cm³/mol. The zero-order valence-corrected chi connectivity index (χ0v) is 30.8. The van der Waals surface area contributed by atoms with Gasteiger partial charge in [-0.25, -0.2) is 0 Å². The third kappa shape index (κ3) is 28.7. The zero-order valence-electron chi connectivity index (χ0n) is 30.8. The summed E-state index contributed by atoms with van der Waals surface area (Å²) >= 11 is 0. The summed E-state index contributed by atoms with van der Waals surface area (Å²) in [5.41, 5.74) is -0.147. The van der Waals surface area contributed by atoms with Crippen molar-refractivity contribution in [3.63, 3.8) is 0 Å². The van der Waals surface area contributed by atoms with Gasteiger partial charge in [-0.15, -0.1) is 0 Å². The predicted octanol–water partition coefficient (Wildman–Crippen LogP) is 10.9. The highest BCUT2D eigenvalue weighted by molar-refractivity contribution is 6.21. The van der Waals surface area contributed by atoms with Crippen molar-refractivity contribution in [2.75, 3.05) is 6.61 Å². The van der Waals surface area contributed by atoms with Gasteiger partial charge in [0.15, 0.2) is 11.6 Å². The van der Waals surface area contributed by atoms with Gasteiger partial charge in [0.1, 0.15) is 12.2 Å². The van der Waals surface area contributed by atoms with E-state index in [2.05, 4.69) is 26.0 Å². The lowest BCUT2D eigenvalue weighted by Crippen LogP contribution is -2.38. The number of ketones is 2. The van der Waals surface area contributed by atoms with Gasteiger partial charge in [-0.1, -0.05) is 203 Å². The van der Waals surface area contributed by atoms with Crippen LogP contribution in [0.4, 0.5) is 0 Å². The number of aliphatic hydroxyl groups is 3. The Labute approximate surface area is 295 Å². The Bertz CT molecular complexity index is 939. The summed E-state index contributed by atoms with van der Waals surface area (Å²) in [6.45, 7) is 3.74. The van der Waals surface area contributed by atoms with E-state index >= 15 is 0 Å². The standard InChI is InChI=1S/C43H72O5/c1-3-5-7-9-11-13-15-17-19-20-21-23-24-26-28-30-32-34-36-39(42(47)43(48)41(46)38-44)40(45)37-35-33-31-29-27-25-22-18-16-14-12-10-8-6-4-2/h19-21,23-24,26,28,30,32,34,36,41,43-44,46,48H,3-18,22,25,27,29,31,33,35,37-38H2,1-2H3/b20-19+,23-21+,26-24+,30-28+,34-32+,39-36+. The average Bonchev–Trinajstić information content (AvgIpc) is 3.09. The summed E-state index contributed by atoms with van der Waals surface area (Å²) in [5, 5.41) is 29.1. The molecule has 0 aliphatic carbocycles. The number of hydrogen-bond acceptors (Lipinski definition) is 5. The van der Waals surface area contributed by atoms with Crippen LogP contribution in [0.15, 0.2) is 72.4 Å². The van der Waals surface area contributed by atoms with E-state index < -0.39 is 24.6 Å². The van der Waals surface area contributed by atoms with Crippen molar-refractivity contribution in [3.8, 4) is 0 Å². The maximum Gasteiger partial charge on any atom is 0.197 e. The first-order valence-electron chi connectivity index (χ1n) is 19.6. The fourth-order valence-corrected chi connectivity index (χ4v) is 5.53. The molecule has 0 aromatic heterocycles. The fourth-order valence-electron chi connectivity index (χ4n) is 5.53. The smallest absolute Gasteiger partial charge is 0.197 e. The highest BCUT2D eigenvalue weighted by atomic mass is 16.4. The average molecular weight is 669 g/mol. The van der Waals surface area contributed by atoms with Crippen molar-refractivity contribution in [3.05, 3.63) is 72.4 Å². The zero-order chi connectivity index (χ0) is 35.3. The van der Waals surface area contributed by atoms with E-state index in [-0.39, 0.29) is 17.8 Å². The van der Waals surface area contributed by atoms with Gasteiger partial charge in [-0.05, 0) is 25.3 Å². The topological polar surface area (TPSA) is 94.8 Å². The number of allylic oxidation sites excluding steroid dienone is 11. The molecule has 0 aliphatic rings. The van der Waals surface area contributed by atoms with Gasteiger partial charge in [0, 0.05) is 6.42 Å². The van der Waals surface area contributed by atoms with Crippen molar-refractivity contribution < 1.29 is 24.9 Å². The molecular formula is C43H72O5. The number of aliphatic hydroxyl groups excluding tert-OH is 3. The summed E-state index contributed by atoms with van der Waals surface area (Å²) in [6, 6.07) is 0. The molecule has 0 fully saturated rings. The molecule has 5 nitrogen and oxygen atoms in total. The number of hydrogen-bond donors (Lipinski definition) is 3. The van der Waals surface area contributed by atoms with E-state index in [1.807, 2.05) is 30.4 Å². The summed E-state index contributed by atoms with van der Waals surface area (Å²) < 4.78 is 0. The Morgan fingerprint density at radius 3 is 1.31 bits per heavy atom. The number of rotatable bonds is 34. The van der Waals surface area contributed by atoms with Crippen LogP contribution in [0.2, 0.25) is 0 Å². The molecule has 274 valence electrons. The van der Waals surface area contributed by atoms with Gasteiger partial charge in [0.2, 0.25) is 0 Å². The molecule has 0 bridgehead atoms. The van der Waals surface area contributed by atoms with Crippen LogP contribution in [0, 0.1) is 0 Å². The first kappa shape index (κ1) is 45.7. The molecule has 0 amide bonds. The molecule has 5 heteroatoms. The van der Waals surface area contributed by atoms with Crippen LogP contribution in [0.5, 0.6) is 0 Å². The number of unbranched alkanes of at least 4 members (excludes halogenated alkanes) is 21. The maximum atomic E-state index is 12.9. The van der Waals surface area contributed by atoms with Crippen molar-refractivity contribution in [2.24, 2.45) is 0 Å². The Kier molecular flexibility index (Phi) is 34.2. The largest absolute Gasteiger partial charge is 0.394 e. The third-order valence-corrected chi connectivity index (χ3v) is 8.66. The van der Waals surface area contributed by atoms with E-state index in [1.165, 1.54) is 122 Å². The van der Waals surface area contributed by atoms with E-state index in [0.717, 1.165) is 25.7 Å². The Balaban J connectivity index is 4.47. The first-order chi connectivity index (χ1) is 23.5. The molecule has 48 heavy (non-hydrogen) atoms. The summed E-state index contributed by atoms with van der Waals surface area (Å²) in [5.74, 6) is -1.21. The molecule has 0 saturated carbocycles. The van der Waals surface area contributed by atoms with Crippen molar-refractivity contribution in [1.29, 1.82) is 0 Å². The van der Waals surface area contributed by atoms with Crippen molar-refractivity contribution in [1.82, 2.24) is 0 Å². The molecule has 0 radical (unpaired) electrons. The van der Waals surface area contributed by atoms with Gasteiger partial charge >= 0.3 is 0 Å². The van der Waals surface area contributed by atoms with Crippen LogP contribution in [0.25, 0.3) is 0 Å². The van der Waals surface area contributed by atoms with E-state index in [1.54, 1.807) is 18.2 Å². The minimum absolute atomic E-state index is 0.147. The van der Waals surface area contributed by atoms with E-state index in [4.69, 9.17) is 5.11 Å². The van der Waals surface area contributed by atoms with Gasteiger partial charge < -0.3 is 15.3 Å². The molecule has 2 atom stereocenters. The molecule has 2 unspecified atom stereocenters. The lowest BCUT2D eigenvalue weighted by molar-refractivity contribution is -0.132. The molecular weight excluding hydrogens is 596 g/mol. The summed E-state index contributed by atoms with van der Waals surface area (Å²) in [6.07, 6.45) is 46.0. The molecule has 0 saturated heterocycles. The number of carbonyl (C=O) groups excluding carboxylic acids is 2. The van der Waals surface area contributed by atoms with Gasteiger partial charge in [0.25, 0.3) is 0 Å².